The van der Waals surface area contributed by atoms with E-state index in [1.54, 1.807) is 33.1 Å². The molecule has 1 aliphatic carbocycles. The van der Waals surface area contributed by atoms with Crippen molar-refractivity contribution in [2.75, 3.05) is 7.11 Å². The highest BCUT2D eigenvalue weighted by molar-refractivity contribution is 6.06. The normalized spacial score (nSPS) is 21.1. The third kappa shape index (κ3) is 2.67. The van der Waals surface area contributed by atoms with E-state index in [1.165, 1.54) is 0 Å². The molecule has 1 fully saturated rings. The lowest BCUT2D eigenvalue weighted by atomic mass is 9.88. The number of carbonyl (C=O) groups is 2. The van der Waals surface area contributed by atoms with Gasteiger partial charge in [-0.25, -0.2) is 4.79 Å². The number of aryl methyl sites for hydroxylation is 2. The van der Waals surface area contributed by atoms with E-state index in [-0.39, 0.29) is 29.2 Å². The first-order valence-corrected chi connectivity index (χ1v) is 6.61. The smallest absolute Gasteiger partial charge is 0.336 e. The van der Waals surface area contributed by atoms with Gasteiger partial charge in [-0.3, -0.25) is 4.79 Å². The number of aromatic carboxylic acids is 1. The number of carboxylic acid groups (broad SMARTS) is 1. The van der Waals surface area contributed by atoms with Crippen LogP contribution in [0.25, 0.3) is 0 Å². The topological polar surface area (TPSA) is 75.6 Å². The molecule has 1 aromatic carbocycles. The van der Waals surface area contributed by atoms with E-state index in [2.05, 4.69) is 5.32 Å². The Balaban J connectivity index is 2.21. The maximum absolute atomic E-state index is 12.3. The number of ether oxygens (including phenoxy) is 1. The van der Waals surface area contributed by atoms with Gasteiger partial charge in [0.25, 0.3) is 5.91 Å². The zero-order valence-corrected chi connectivity index (χ0v) is 11.9. The Labute approximate surface area is 117 Å². The Hall–Kier alpha value is -1.88. The summed E-state index contributed by atoms with van der Waals surface area (Å²) in [5, 5.41) is 12.2. The summed E-state index contributed by atoms with van der Waals surface area (Å²) in [6.45, 7) is 3.45. The number of rotatable bonds is 4. The summed E-state index contributed by atoms with van der Waals surface area (Å²) in [6.07, 6.45) is 1.74. The molecule has 0 aromatic heterocycles. The fraction of sp³-hybridized carbons (Fsp3) is 0.467. The number of nitrogens with one attached hydrogen (secondary N) is 1. The zero-order valence-electron chi connectivity index (χ0n) is 11.9. The molecule has 0 saturated heterocycles. The van der Waals surface area contributed by atoms with Gasteiger partial charge < -0.3 is 15.2 Å². The molecule has 0 radical (unpaired) electrons. The van der Waals surface area contributed by atoms with Crippen LogP contribution in [0.2, 0.25) is 0 Å². The van der Waals surface area contributed by atoms with Crippen LogP contribution >= 0.6 is 0 Å². The molecule has 5 heteroatoms. The van der Waals surface area contributed by atoms with E-state index in [1.807, 2.05) is 0 Å². The van der Waals surface area contributed by atoms with Crippen molar-refractivity contribution in [1.82, 2.24) is 5.32 Å². The molecular formula is C15H19NO4. The third-order valence-electron chi connectivity index (χ3n) is 3.83. The van der Waals surface area contributed by atoms with E-state index in [4.69, 9.17) is 4.74 Å². The van der Waals surface area contributed by atoms with Crippen LogP contribution in [0.3, 0.4) is 0 Å². The lowest BCUT2D eigenvalue weighted by molar-refractivity contribution is 0.0175. The van der Waals surface area contributed by atoms with Crippen LogP contribution < -0.4 is 5.32 Å². The molecule has 2 rings (SSSR count). The first-order chi connectivity index (χ1) is 9.43. The minimum absolute atomic E-state index is 0.0639. The number of amides is 1. The second kappa shape index (κ2) is 5.63. The van der Waals surface area contributed by atoms with E-state index < -0.39 is 5.97 Å². The van der Waals surface area contributed by atoms with Crippen molar-refractivity contribution in [1.29, 1.82) is 0 Å². The van der Waals surface area contributed by atoms with E-state index >= 15 is 0 Å². The van der Waals surface area contributed by atoms with E-state index in [0.29, 0.717) is 11.1 Å². The van der Waals surface area contributed by atoms with Crippen LogP contribution in [-0.4, -0.2) is 36.2 Å². The van der Waals surface area contributed by atoms with Gasteiger partial charge in [-0.1, -0.05) is 12.1 Å². The van der Waals surface area contributed by atoms with Crippen LogP contribution in [0.4, 0.5) is 0 Å². The summed E-state index contributed by atoms with van der Waals surface area (Å²) in [5.41, 5.74) is 1.62. The highest BCUT2D eigenvalue weighted by Crippen LogP contribution is 2.24. The Bertz CT molecular complexity index is 547. The van der Waals surface area contributed by atoms with Crippen molar-refractivity contribution in [2.24, 2.45) is 0 Å². The number of methoxy groups -OCH3 is 1. The van der Waals surface area contributed by atoms with Crippen molar-refractivity contribution < 1.29 is 19.4 Å². The predicted octanol–water partition coefficient (Wildman–Crippen LogP) is 1.91. The second-order valence-corrected chi connectivity index (χ2v) is 5.25. The molecule has 1 saturated carbocycles. The summed E-state index contributed by atoms with van der Waals surface area (Å²) in [6, 6.07) is 3.56. The fourth-order valence-corrected chi connectivity index (χ4v) is 2.51. The molecule has 20 heavy (non-hydrogen) atoms. The lowest BCUT2D eigenvalue weighted by Crippen LogP contribution is -2.47. The van der Waals surface area contributed by atoms with Crippen LogP contribution in [0.15, 0.2) is 12.1 Å². The third-order valence-corrected chi connectivity index (χ3v) is 3.83. The van der Waals surface area contributed by atoms with Gasteiger partial charge in [0.05, 0.1) is 17.2 Å². The number of hydrogen-bond acceptors (Lipinski definition) is 3. The van der Waals surface area contributed by atoms with Crippen molar-refractivity contribution in [2.45, 2.75) is 38.8 Å². The maximum Gasteiger partial charge on any atom is 0.336 e. The Morgan fingerprint density at radius 1 is 1.20 bits per heavy atom. The minimum Gasteiger partial charge on any atom is -0.478 e. The number of hydrogen-bond donors (Lipinski definition) is 2. The summed E-state index contributed by atoms with van der Waals surface area (Å²) in [5.74, 6) is -1.39. The van der Waals surface area contributed by atoms with Gasteiger partial charge in [0.15, 0.2) is 0 Å². The number of benzene rings is 1. The molecule has 0 spiro atoms. The van der Waals surface area contributed by atoms with Gasteiger partial charge in [-0.2, -0.15) is 0 Å². The summed E-state index contributed by atoms with van der Waals surface area (Å²) in [7, 11) is 1.65. The standard InChI is InChI=1S/C15H19NO4/c1-8-4-5-9(2)13(15(18)19)12(8)14(17)16-10-6-11(7-10)20-3/h4-5,10-11H,6-7H2,1-3H3,(H,16,17)(H,18,19). The SMILES string of the molecule is COC1CC(NC(=O)c2c(C)ccc(C)c2C(=O)O)C1. The highest BCUT2D eigenvalue weighted by Gasteiger charge is 2.31. The molecular weight excluding hydrogens is 258 g/mol. The van der Waals surface area contributed by atoms with Crippen molar-refractivity contribution in [3.8, 4) is 0 Å². The minimum atomic E-state index is -1.07. The van der Waals surface area contributed by atoms with Gasteiger partial charge in [-0.05, 0) is 37.8 Å². The molecule has 5 nitrogen and oxygen atoms in total. The fourth-order valence-electron chi connectivity index (χ4n) is 2.51. The highest BCUT2D eigenvalue weighted by atomic mass is 16.5. The zero-order chi connectivity index (χ0) is 14.9. The van der Waals surface area contributed by atoms with Crippen LogP contribution in [0.5, 0.6) is 0 Å². The molecule has 1 aliphatic rings. The predicted molar refractivity (Wildman–Crippen MR) is 74.2 cm³/mol. The number of carboxylic acids is 1. The van der Waals surface area contributed by atoms with Crippen molar-refractivity contribution >= 4 is 11.9 Å². The van der Waals surface area contributed by atoms with Gasteiger partial charge in [0.2, 0.25) is 0 Å². The van der Waals surface area contributed by atoms with Crippen molar-refractivity contribution in [3.05, 3.63) is 34.4 Å². The number of carbonyl (C=O) groups excluding carboxylic acids is 1. The molecule has 0 bridgehead atoms. The summed E-state index contributed by atoms with van der Waals surface area (Å²) in [4.78, 5) is 23.7. The average Bonchev–Trinajstić information content (AvgIpc) is 2.34. The maximum atomic E-state index is 12.3. The molecule has 108 valence electrons. The molecule has 0 unspecified atom stereocenters. The van der Waals surface area contributed by atoms with Crippen molar-refractivity contribution in [3.63, 3.8) is 0 Å². The molecule has 0 atom stereocenters. The van der Waals surface area contributed by atoms with Crippen LogP contribution in [-0.2, 0) is 4.74 Å². The molecule has 2 N–H and O–H groups in total. The Kier molecular flexibility index (Phi) is 4.09. The quantitative estimate of drug-likeness (QED) is 0.881. The van der Waals surface area contributed by atoms with Crippen LogP contribution in [0.1, 0.15) is 44.7 Å². The first kappa shape index (κ1) is 14.5. The molecule has 1 aromatic rings. The Morgan fingerprint density at radius 3 is 2.25 bits per heavy atom. The average molecular weight is 277 g/mol. The second-order valence-electron chi connectivity index (χ2n) is 5.25. The molecule has 0 aliphatic heterocycles. The first-order valence-electron chi connectivity index (χ1n) is 6.61. The van der Waals surface area contributed by atoms with Crippen LogP contribution in [0, 0.1) is 13.8 Å². The molecule has 0 heterocycles. The largest absolute Gasteiger partial charge is 0.478 e. The van der Waals surface area contributed by atoms with Gasteiger partial charge >= 0.3 is 5.97 Å². The Morgan fingerprint density at radius 2 is 1.75 bits per heavy atom. The monoisotopic (exact) mass is 277 g/mol. The summed E-state index contributed by atoms with van der Waals surface area (Å²) < 4.78 is 5.16. The lowest BCUT2D eigenvalue weighted by Gasteiger charge is -2.34. The van der Waals surface area contributed by atoms with E-state index in [0.717, 1.165) is 12.8 Å². The molecule has 1 amide bonds. The van der Waals surface area contributed by atoms with E-state index in [9.17, 15) is 14.7 Å². The van der Waals surface area contributed by atoms with Gasteiger partial charge in [0, 0.05) is 13.2 Å². The summed E-state index contributed by atoms with van der Waals surface area (Å²) >= 11 is 0. The van der Waals surface area contributed by atoms with Gasteiger partial charge in [-0.15, -0.1) is 0 Å². The van der Waals surface area contributed by atoms with Gasteiger partial charge in [0.1, 0.15) is 0 Å².